The number of aromatic nitrogens is 2. The van der Waals surface area contributed by atoms with Crippen LogP contribution in [0.15, 0.2) is 16.1 Å². The number of nitrogens with one attached hydrogen (secondary N) is 1. The third-order valence-corrected chi connectivity index (χ3v) is 3.76. The summed E-state index contributed by atoms with van der Waals surface area (Å²) in [5.74, 6) is -0.968. The van der Waals surface area contributed by atoms with Crippen LogP contribution in [0.1, 0.15) is 39.9 Å². The summed E-state index contributed by atoms with van der Waals surface area (Å²) in [5, 5.41) is 5.33. The van der Waals surface area contributed by atoms with Crippen LogP contribution in [0, 0.1) is 6.92 Å². The molecule has 2 amide bonds. The van der Waals surface area contributed by atoms with Crippen LogP contribution in [-0.4, -0.2) is 21.8 Å². The maximum absolute atomic E-state index is 12.0. The monoisotopic (exact) mass is 294 g/mol. The fourth-order valence-corrected chi connectivity index (χ4v) is 2.36. The topological polar surface area (TPSA) is 111 Å². The molecular formula is C12H14N4O3S. The summed E-state index contributed by atoms with van der Waals surface area (Å²) in [4.78, 5) is 30.9. The van der Waals surface area contributed by atoms with Gasteiger partial charge in [0.2, 0.25) is 11.8 Å². The van der Waals surface area contributed by atoms with Crippen LogP contribution < -0.4 is 11.1 Å². The minimum Gasteiger partial charge on any atom is -0.446 e. The van der Waals surface area contributed by atoms with Gasteiger partial charge in [-0.05, 0) is 13.8 Å². The lowest BCUT2D eigenvalue weighted by Gasteiger charge is -2.07. The van der Waals surface area contributed by atoms with Gasteiger partial charge in [0.05, 0.1) is 12.5 Å². The summed E-state index contributed by atoms with van der Waals surface area (Å²) in [6.45, 7) is 3.75. The average Bonchev–Trinajstić information content (AvgIpc) is 3.03. The average molecular weight is 294 g/mol. The molecule has 2 aromatic heterocycles. The summed E-state index contributed by atoms with van der Waals surface area (Å²) in [6, 6.07) is 0. The molecule has 0 saturated heterocycles. The summed E-state index contributed by atoms with van der Waals surface area (Å²) >= 11 is 1.44. The van der Waals surface area contributed by atoms with Gasteiger partial charge in [-0.15, -0.1) is 11.3 Å². The van der Waals surface area contributed by atoms with Crippen LogP contribution >= 0.6 is 11.3 Å². The van der Waals surface area contributed by atoms with Gasteiger partial charge in [-0.25, -0.2) is 9.97 Å². The lowest BCUT2D eigenvalue weighted by molar-refractivity contribution is -0.122. The molecule has 2 rings (SSSR count). The highest BCUT2D eigenvalue weighted by atomic mass is 32.1. The van der Waals surface area contributed by atoms with Gasteiger partial charge in [-0.2, -0.15) is 0 Å². The highest BCUT2D eigenvalue weighted by Crippen LogP contribution is 2.19. The largest absolute Gasteiger partial charge is 0.446 e. The third kappa shape index (κ3) is 3.21. The molecule has 0 radical (unpaired) electrons. The first-order chi connectivity index (χ1) is 9.47. The smallest absolute Gasteiger partial charge is 0.270 e. The van der Waals surface area contributed by atoms with Crippen molar-refractivity contribution in [3.8, 4) is 0 Å². The van der Waals surface area contributed by atoms with Gasteiger partial charge >= 0.3 is 0 Å². The fraction of sp³-hybridized carbons (Fsp3) is 0.333. The van der Waals surface area contributed by atoms with Gasteiger partial charge in [0, 0.05) is 11.1 Å². The second-order valence-electron chi connectivity index (χ2n) is 4.26. The molecule has 0 bridgehead atoms. The van der Waals surface area contributed by atoms with Gasteiger partial charge < -0.3 is 15.5 Å². The molecule has 0 aromatic carbocycles. The van der Waals surface area contributed by atoms with Crippen molar-refractivity contribution < 1.29 is 14.0 Å². The van der Waals surface area contributed by atoms with Crippen LogP contribution in [0.2, 0.25) is 0 Å². The van der Waals surface area contributed by atoms with E-state index >= 15 is 0 Å². The van der Waals surface area contributed by atoms with Gasteiger partial charge in [-0.1, -0.05) is 0 Å². The molecule has 0 aliphatic heterocycles. The van der Waals surface area contributed by atoms with Gasteiger partial charge in [0.15, 0.2) is 5.69 Å². The number of amides is 2. The lowest BCUT2D eigenvalue weighted by atomic mass is 10.2. The first-order valence-electron chi connectivity index (χ1n) is 5.91. The zero-order chi connectivity index (χ0) is 14.7. The highest BCUT2D eigenvalue weighted by Gasteiger charge is 2.19. The SMILES string of the molecule is Cc1csc([C@@H](C)C(=O)NCc2nc(C(N)=O)co2)n1. The van der Waals surface area contributed by atoms with E-state index in [0.29, 0.717) is 0 Å². The Hall–Kier alpha value is -2.22. The standard InChI is InChI=1S/C12H14N4O3S/c1-6-5-20-12(15-6)7(2)11(18)14-3-9-16-8(4-19-9)10(13)17/h4-5,7H,3H2,1-2H3,(H2,13,17)(H,14,18)/t7-/m0/s1. The zero-order valence-corrected chi connectivity index (χ0v) is 11.9. The van der Waals surface area contributed by atoms with Crippen molar-refractivity contribution in [2.24, 2.45) is 5.73 Å². The molecule has 2 heterocycles. The van der Waals surface area contributed by atoms with Gasteiger partial charge in [-0.3, -0.25) is 9.59 Å². The molecule has 0 spiro atoms. The van der Waals surface area contributed by atoms with Crippen LogP contribution in [-0.2, 0) is 11.3 Å². The first kappa shape index (κ1) is 14.2. The second kappa shape index (κ2) is 5.83. The minimum atomic E-state index is -0.669. The number of primary amides is 1. The molecule has 0 unspecified atom stereocenters. The van der Waals surface area contributed by atoms with Crippen molar-refractivity contribution in [2.45, 2.75) is 26.3 Å². The molecule has 3 N–H and O–H groups in total. The Labute approximate surface area is 119 Å². The molecule has 0 aliphatic rings. The number of oxazole rings is 1. The number of nitrogens with two attached hydrogens (primary N) is 1. The molecule has 0 fully saturated rings. The Morgan fingerprint density at radius 3 is 2.80 bits per heavy atom. The number of hydrogen-bond donors (Lipinski definition) is 2. The molecule has 0 saturated carbocycles. The van der Waals surface area contributed by atoms with Crippen LogP contribution in [0.4, 0.5) is 0 Å². The molecule has 20 heavy (non-hydrogen) atoms. The van der Waals surface area contributed by atoms with E-state index in [1.807, 2.05) is 12.3 Å². The van der Waals surface area contributed by atoms with E-state index in [9.17, 15) is 9.59 Å². The number of hydrogen-bond acceptors (Lipinski definition) is 6. The first-order valence-corrected chi connectivity index (χ1v) is 6.79. The van der Waals surface area contributed by atoms with E-state index in [1.165, 1.54) is 11.3 Å². The Bertz CT molecular complexity index is 634. The minimum absolute atomic E-state index is 0.0397. The molecular weight excluding hydrogens is 280 g/mol. The van der Waals surface area contributed by atoms with Crippen molar-refractivity contribution in [1.82, 2.24) is 15.3 Å². The summed E-state index contributed by atoms with van der Waals surface area (Å²) in [5.41, 5.74) is 5.99. The zero-order valence-electron chi connectivity index (χ0n) is 11.0. The Kier molecular flexibility index (Phi) is 4.14. The van der Waals surface area contributed by atoms with Crippen molar-refractivity contribution in [3.05, 3.63) is 33.9 Å². The number of thiazole rings is 1. The van der Waals surface area contributed by atoms with E-state index in [-0.39, 0.29) is 30.0 Å². The summed E-state index contributed by atoms with van der Waals surface area (Å²) < 4.78 is 5.03. The van der Waals surface area contributed by atoms with Crippen molar-refractivity contribution in [1.29, 1.82) is 0 Å². The van der Waals surface area contributed by atoms with E-state index in [4.69, 9.17) is 10.2 Å². The van der Waals surface area contributed by atoms with E-state index in [2.05, 4.69) is 15.3 Å². The summed E-state index contributed by atoms with van der Waals surface area (Å²) in [7, 11) is 0. The quantitative estimate of drug-likeness (QED) is 0.853. The highest BCUT2D eigenvalue weighted by molar-refractivity contribution is 7.09. The normalized spacial score (nSPS) is 12.1. The van der Waals surface area contributed by atoms with Gasteiger partial charge in [0.25, 0.3) is 5.91 Å². The molecule has 0 aliphatic carbocycles. The van der Waals surface area contributed by atoms with Crippen LogP contribution in [0.25, 0.3) is 0 Å². The third-order valence-electron chi connectivity index (χ3n) is 2.62. The Morgan fingerprint density at radius 1 is 1.50 bits per heavy atom. The maximum atomic E-state index is 12.0. The second-order valence-corrected chi connectivity index (χ2v) is 5.15. The predicted octanol–water partition coefficient (Wildman–Crippen LogP) is 0.958. The van der Waals surface area contributed by atoms with E-state index in [0.717, 1.165) is 17.0 Å². The lowest BCUT2D eigenvalue weighted by Crippen LogP contribution is -2.27. The summed E-state index contributed by atoms with van der Waals surface area (Å²) in [6.07, 6.45) is 1.16. The maximum Gasteiger partial charge on any atom is 0.270 e. The number of nitrogens with zero attached hydrogens (tertiary/aromatic N) is 2. The number of carbonyl (C=O) groups is 2. The molecule has 7 nitrogen and oxygen atoms in total. The van der Waals surface area contributed by atoms with Crippen molar-refractivity contribution in [3.63, 3.8) is 0 Å². The molecule has 106 valence electrons. The Balaban J connectivity index is 1.92. The predicted molar refractivity (Wildman–Crippen MR) is 72.1 cm³/mol. The van der Waals surface area contributed by atoms with Crippen molar-refractivity contribution in [2.75, 3.05) is 0 Å². The van der Waals surface area contributed by atoms with E-state index < -0.39 is 5.91 Å². The number of carbonyl (C=O) groups excluding carboxylic acids is 2. The van der Waals surface area contributed by atoms with E-state index in [1.54, 1.807) is 6.92 Å². The van der Waals surface area contributed by atoms with Crippen molar-refractivity contribution >= 4 is 23.2 Å². The molecule has 2 aromatic rings. The Morgan fingerprint density at radius 2 is 2.25 bits per heavy atom. The van der Waals surface area contributed by atoms with Crippen LogP contribution in [0.5, 0.6) is 0 Å². The molecule has 1 atom stereocenters. The van der Waals surface area contributed by atoms with Gasteiger partial charge in [0.1, 0.15) is 11.3 Å². The number of aryl methyl sites for hydroxylation is 1. The number of rotatable bonds is 5. The fourth-order valence-electron chi connectivity index (χ4n) is 1.50. The van der Waals surface area contributed by atoms with Crippen LogP contribution in [0.3, 0.4) is 0 Å². The molecule has 8 heteroatoms.